The Balaban J connectivity index is 1.83. The lowest BCUT2D eigenvalue weighted by Gasteiger charge is -2.30. The molecular weight excluding hydrogens is 298 g/mol. The van der Waals surface area contributed by atoms with Crippen molar-refractivity contribution in [2.45, 2.75) is 39.0 Å². The van der Waals surface area contributed by atoms with Crippen molar-refractivity contribution in [3.63, 3.8) is 0 Å². The third kappa shape index (κ3) is 4.04. The molecule has 126 valence electrons. The van der Waals surface area contributed by atoms with Crippen molar-refractivity contribution in [2.75, 3.05) is 7.11 Å². The van der Waals surface area contributed by atoms with Crippen LogP contribution in [0.4, 0.5) is 0 Å². The molecule has 3 nitrogen and oxygen atoms in total. The average molecular weight is 323 g/mol. The second-order valence-corrected chi connectivity index (χ2v) is 6.63. The Kier molecular flexibility index (Phi) is 5.31. The second kappa shape index (κ2) is 7.63. The zero-order chi connectivity index (χ0) is 16.9. The highest BCUT2D eigenvalue weighted by molar-refractivity contribution is 5.94. The summed E-state index contributed by atoms with van der Waals surface area (Å²) in [6.45, 7) is 3.36. The molecule has 1 unspecified atom stereocenters. The monoisotopic (exact) mass is 323 g/mol. The lowest BCUT2D eigenvalue weighted by atomic mass is 10.1. The van der Waals surface area contributed by atoms with E-state index in [4.69, 9.17) is 4.74 Å². The number of carbonyl (C=O) groups excluding carboxylic acids is 1. The van der Waals surface area contributed by atoms with Gasteiger partial charge in [0.15, 0.2) is 0 Å². The van der Waals surface area contributed by atoms with Gasteiger partial charge in [0.25, 0.3) is 5.91 Å². The van der Waals surface area contributed by atoms with E-state index in [1.54, 1.807) is 7.11 Å². The van der Waals surface area contributed by atoms with Gasteiger partial charge in [0.2, 0.25) is 0 Å². The molecule has 0 aliphatic heterocycles. The normalized spacial score (nSPS) is 15.1. The van der Waals surface area contributed by atoms with E-state index in [-0.39, 0.29) is 11.9 Å². The van der Waals surface area contributed by atoms with Crippen molar-refractivity contribution in [3.05, 3.63) is 71.3 Å². The summed E-state index contributed by atoms with van der Waals surface area (Å²) in [5, 5.41) is 0. The van der Waals surface area contributed by atoms with Crippen LogP contribution in [0.25, 0.3) is 0 Å². The van der Waals surface area contributed by atoms with Crippen molar-refractivity contribution >= 4 is 5.91 Å². The first-order valence-electron chi connectivity index (χ1n) is 8.62. The van der Waals surface area contributed by atoms with Crippen molar-refractivity contribution in [3.8, 4) is 0 Å². The van der Waals surface area contributed by atoms with Crippen LogP contribution < -0.4 is 0 Å². The van der Waals surface area contributed by atoms with Crippen LogP contribution in [0.15, 0.2) is 54.6 Å². The Labute approximate surface area is 144 Å². The molecule has 3 heteroatoms. The molecule has 1 amide bonds. The fourth-order valence-electron chi connectivity index (χ4n) is 3.14. The van der Waals surface area contributed by atoms with E-state index >= 15 is 0 Å². The Morgan fingerprint density at radius 2 is 1.83 bits per heavy atom. The summed E-state index contributed by atoms with van der Waals surface area (Å²) < 4.78 is 5.19. The number of rotatable bonds is 7. The molecule has 24 heavy (non-hydrogen) atoms. The number of amides is 1. The van der Waals surface area contributed by atoms with E-state index in [1.807, 2.05) is 47.4 Å². The van der Waals surface area contributed by atoms with Gasteiger partial charge in [0.1, 0.15) is 0 Å². The molecule has 1 aliphatic carbocycles. The number of ether oxygens (including phenoxy) is 1. The van der Waals surface area contributed by atoms with Gasteiger partial charge in [-0.1, -0.05) is 42.5 Å². The molecule has 0 bridgehead atoms. The molecule has 3 rings (SSSR count). The molecule has 1 aliphatic rings. The van der Waals surface area contributed by atoms with Crippen molar-refractivity contribution in [1.29, 1.82) is 0 Å². The Hall–Kier alpha value is -2.13. The quantitative estimate of drug-likeness (QED) is 0.761. The summed E-state index contributed by atoms with van der Waals surface area (Å²) in [5.74, 6) is 0.746. The Bertz CT molecular complexity index is 679. The molecule has 0 N–H and O–H groups in total. The van der Waals surface area contributed by atoms with Gasteiger partial charge in [-0.2, -0.15) is 0 Å². The van der Waals surface area contributed by atoms with Crippen LogP contribution in [-0.4, -0.2) is 24.0 Å². The highest BCUT2D eigenvalue weighted by Gasteiger charge is 2.34. The predicted molar refractivity (Wildman–Crippen MR) is 95.7 cm³/mol. The Morgan fingerprint density at radius 3 is 2.50 bits per heavy atom. The smallest absolute Gasteiger partial charge is 0.254 e. The summed E-state index contributed by atoms with van der Waals surface area (Å²) in [6.07, 6.45) is 2.45. The number of benzene rings is 2. The van der Waals surface area contributed by atoms with Crippen LogP contribution in [0.1, 0.15) is 41.3 Å². The molecule has 0 spiro atoms. The van der Waals surface area contributed by atoms with Crippen LogP contribution in [-0.2, 0) is 17.9 Å². The largest absolute Gasteiger partial charge is 0.380 e. The first-order chi connectivity index (χ1) is 11.7. The second-order valence-electron chi connectivity index (χ2n) is 6.63. The minimum absolute atomic E-state index is 0.108. The first-order valence-corrected chi connectivity index (χ1v) is 8.62. The molecular formula is C21H25NO2. The van der Waals surface area contributed by atoms with Gasteiger partial charge in [-0.3, -0.25) is 4.79 Å². The summed E-state index contributed by atoms with van der Waals surface area (Å²) in [7, 11) is 1.67. The van der Waals surface area contributed by atoms with Gasteiger partial charge < -0.3 is 9.64 Å². The van der Waals surface area contributed by atoms with Crippen LogP contribution >= 0.6 is 0 Å². The highest BCUT2D eigenvalue weighted by Crippen LogP contribution is 2.36. The summed E-state index contributed by atoms with van der Waals surface area (Å²) >= 11 is 0. The zero-order valence-corrected chi connectivity index (χ0v) is 14.4. The predicted octanol–water partition coefficient (Wildman–Crippen LogP) is 4.27. The lowest BCUT2D eigenvalue weighted by Crippen LogP contribution is -2.39. The van der Waals surface area contributed by atoms with Gasteiger partial charge in [-0.15, -0.1) is 0 Å². The lowest BCUT2D eigenvalue weighted by molar-refractivity contribution is 0.0654. The van der Waals surface area contributed by atoms with E-state index in [0.29, 0.717) is 19.1 Å². The minimum Gasteiger partial charge on any atom is -0.380 e. The molecule has 0 radical (unpaired) electrons. The van der Waals surface area contributed by atoms with Gasteiger partial charge in [0, 0.05) is 25.3 Å². The standard InChI is InChI=1S/C21H25NO2/c1-16(19-11-12-19)22(14-17-7-4-3-5-8-17)21(23)20-10-6-9-18(13-20)15-24-2/h3-10,13,16,19H,11-12,14-15H2,1-2H3. The van der Waals surface area contributed by atoms with Crippen molar-refractivity contribution in [2.24, 2.45) is 5.92 Å². The van der Waals surface area contributed by atoms with Crippen molar-refractivity contribution in [1.82, 2.24) is 4.90 Å². The van der Waals surface area contributed by atoms with Gasteiger partial charge >= 0.3 is 0 Å². The maximum atomic E-state index is 13.2. The van der Waals surface area contributed by atoms with Crippen LogP contribution in [0.2, 0.25) is 0 Å². The molecule has 1 atom stereocenters. The van der Waals surface area contributed by atoms with E-state index < -0.39 is 0 Å². The SMILES string of the molecule is COCc1cccc(C(=O)N(Cc2ccccc2)C(C)C2CC2)c1. The molecule has 2 aromatic carbocycles. The van der Waals surface area contributed by atoms with E-state index in [9.17, 15) is 4.79 Å². The van der Waals surface area contributed by atoms with Gasteiger partial charge in [-0.25, -0.2) is 0 Å². The fraction of sp³-hybridized carbons (Fsp3) is 0.381. The Morgan fingerprint density at radius 1 is 1.12 bits per heavy atom. The average Bonchev–Trinajstić information content (AvgIpc) is 3.45. The summed E-state index contributed by atoms with van der Waals surface area (Å²) in [6, 6.07) is 18.3. The highest BCUT2D eigenvalue weighted by atomic mass is 16.5. The van der Waals surface area contributed by atoms with Crippen LogP contribution in [0.5, 0.6) is 0 Å². The van der Waals surface area contributed by atoms with E-state index in [2.05, 4.69) is 19.1 Å². The van der Waals surface area contributed by atoms with Crippen LogP contribution in [0, 0.1) is 5.92 Å². The van der Waals surface area contributed by atoms with Gasteiger partial charge in [-0.05, 0) is 48.9 Å². The fourth-order valence-corrected chi connectivity index (χ4v) is 3.14. The number of nitrogens with zero attached hydrogens (tertiary/aromatic N) is 1. The van der Waals surface area contributed by atoms with E-state index in [0.717, 1.165) is 11.1 Å². The molecule has 0 heterocycles. The molecule has 1 fully saturated rings. The maximum absolute atomic E-state index is 13.2. The van der Waals surface area contributed by atoms with Crippen LogP contribution in [0.3, 0.4) is 0 Å². The zero-order valence-electron chi connectivity index (χ0n) is 14.4. The molecule has 0 aromatic heterocycles. The number of carbonyl (C=O) groups is 1. The minimum atomic E-state index is 0.108. The molecule has 1 saturated carbocycles. The topological polar surface area (TPSA) is 29.5 Å². The summed E-state index contributed by atoms with van der Waals surface area (Å²) in [5.41, 5.74) is 2.95. The third-order valence-corrected chi connectivity index (χ3v) is 4.74. The first kappa shape index (κ1) is 16.7. The number of hydrogen-bond donors (Lipinski definition) is 0. The molecule has 2 aromatic rings. The van der Waals surface area contributed by atoms with E-state index in [1.165, 1.54) is 18.4 Å². The van der Waals surface area contributed by atoms with Crippen molar-refractivity contribution < 1.29 is 9.53 Å². The number of methoxy groups -OCH3 is 1. The molecule has 0 saturated heterocycles. The maximum Gasteiger partial charge on any atom is 0.254 e. The van der Waals surface area contributed by atoms with Gasteiger partial charge in [0.05, 0.1) is 6.61 Å². The third-order valence-electron chi connectivity index (χ3n) is 4.74. The number of hydrogen-bond acceptors (Lipinski definition) is 2. The summed E-state index contributed by atoms with van der Waals surface area (Å²) in [4.78, 5) is 15.2.